The van der Waals surface area contributed by atoms with Crippen molar-refractivity contribution in [2.45, 2.75) is 31.8 Å². The van der Waals surface area contributed by atoms with Gasteiger partial charge < -0.3 is 10.1 Å². The van der Waals surface area contributed by atoms with Crippen molar-refractivity contribution in [2.75, 3.05) is 13.2 Å². The maximum atomic E-state index is 11.6. The summed E-state index contributed by atoms with van der Waals surface area (Å²) < 4.78 is 5.31. The number of carbonyl (C=O) groups is 1. The van der Waals surface area contributed by atoms with E-state index >= 15 is 0 Å². The van der Waals surface area contributed by atoms with Crippen molar-refractivity contribution < 1.29 is 9.53 Å². The summed E-state index contributed by atoms with van der Waals surface area (Å²) in [5.41, 5.74) is 1.07. The summed E-state index contributed by atoms with van der Waals surface area (Å²) in [4.78, 5) is 15.8. The van der Waals surface area contributed by atoms with E-state index in [4.69, 9.17) is 4.74 Å². The maximum absolute atomic E-state index is 11.6. The molecule has 0 radical (unpaired) electrons. The van der Waals surface area contributed by atoms with Gasteiger partial charge >= 0.3 is 0 Å². The van der Waals surface area contributed by atoms with Gasteiger partial charge in [-0.25, -0.2) is 0 Å². The molecule has 92 valence electrons. The molecule has 1 amide bonds. The first kappa shape index (κ1) is 12.0. The third-order valence-corrected chi connectivity index (χ3v) is 2.86. The van der Waals surface area contributed by atoms with E-state index in [0.29, 0.717) is 13.2 Å². The number of rotatable bonds is 5. The van der Waals surface area contributed by atoms with Crippen molar-refractivity contribution in [3.05, 3.63) is 30.1 Å². The van der Waals surface area contributed by atoms with Crippen LogP contribution in [0.2, 0.25) is 0 Å². The fraction of sp³-hybridized carbons (Fsp3) is 0.538. The summed E-state index contributed by atoms with van der Waals surface area (Å²) in [5.74, 6) is 0.0310. The number of hydrogen-bond acceptors (Lipinski definition) is 3. The zero-order valence-corrected chi connectivity index (χ0v) is 9.89. The summed E-state index contributed by atoms with van der Waals surface area (Å²) in [5, 5.41) is 2.90. The van der Waals surface area contributed by atoms with E-state index < -0.39 is 0 Å². The summed E-state index contributed by atoms with van der Waals surface area (Å²) in [6, 6.07) is 5.89. The van der Waals surface area contributed by atoms with Crippen LogP contribution in [0, 0.1) is 0 Å². The van der Waals surface area contributed by atoms with Crippen LogP contribution in [0.1, 0.15) is 25.0 Å². The van der Waals surface area contributed by atoms with Crippen molar-refractivity contribution >= 4 is 5.91 Å². The van der Waals surface area contributed by atoms with Gasteiger partial charge in [0.1, 0.15) is 6.10 Å². The molecule has 1 aromatic heterocycles. The van der Waals surface area contributed by atoms with E-state index in [0.717, 1.165) is 31.4 Å². The van der Waals surface area contributed by atoms with Crippen molar-refractivity contribution in [3.8, 4) is 0 Å². The van der Waals surface area contributed by atoms with Gasteiger partial charge in [0.25, 0.3) is 0 Å². The number of amides is 1. The number of nitrogens with one attached hydrogen (secondary N) is 1. The van der Waals surface area contributed by atoms with Crippen LogP contribution in [0.3, 0.4) is 0 Å². The smallest absolute Gasteiger partial charge is 0.249 e. The molecule has 0 saturated carbocycles. The normalized spacial score (nSPS) is 19.2. The van der Waals surface area contributed by atoms with Crippen LogP contribution in [-0.2, 0) is 16.0 Å². The highest BCUT2D eigenvalue weighted by atomic mass is 16.5. The lowest BCUT2D eigenvalue weighted by Crippen LogP contribution is -2.34. The third kappa shape index (κ3) is 3.82. The Labute approximate surface area is 101 Å². The molecule has 1 saturated heterocycles. The average molecular weight is 234 g/mol. The summed E-state index contributed by atoms with van der Waals surface area (Å²) >= 11 is 0. The Morgan fingerprint density at radius 3 is 3.18 bits per heavy atom. The minimum absolute atomic E-state index is 0.0310. The number of hydrogen-bond donors (Lipinski definition) is 1. The van der Waals surface area contributed by atoms with Crippen molar-refractivity contribution in [1.82, 2.24) is 10.3 Å². The van der Waals surface area contributed by atoms with Crippen LogP contribution in [0.4, 0.5) is 0 Å². The molecular weight excluding hydrogens is 216 g/mol. The van der Waals surface area contributed by atoms with Crippen LogP contribution < -0.4 is 5.32 Å². The maximum Gasteiger partial charge on any atom is 0.249 e. The van der Waals surface area contributed by atoms with E-state index in [-0.39, 0.29) is 12.0 Å². The molecule has 0 aromatic carbocycles. The number of aromatic nitrogens is 1. The molecule has 4 heteroatoms. The minimum Gasteiger partial charge on any atom is -0.368 e. The molecule has 2 heterocycles. The molecule has 1 fully saturated rings. The van der Waals surface area contributed by atoms with E-state index in [9.17, 15) is 4.79 Å². The second-order valence-corrected chi connectivity index (χ2v) is 4.22. The second kappa shape index (κ2) is 6.35. The molecule has 0 spiro atoms. The first-order valence-electron chi connectivity index (χ1n) is 6.15. The van der Waals surface area contributed by atoms with Crippen LogP contribution in [-0.4, -0.2) is 30.1 Å². The zero-order chi connectivity index (χ0) is 11.9. The Hall–Kier alpha value is -1.42. The Kier molecular flexibility index (Phi) is 4.50. The fourth-order valence-corrected chi connectivity index (χ4v) is 1.93. The van der Waals surface area contributed by atoms with Crippen molar-refractivity contribution in [2.24, 2.45) is 0 Å². The van der Waals surface area contributed by atoms with Crippen molar-refractivity contribution in [1.29, 1.82) is 0 Å². The molecule has 1 unspecified atom stereocenters. The molecule has 4 nitrogen and oxygen atoms in total. The Morgan fingerprint density at radius 2 is 2.47 bits per heavy atom. The highest BCUT2D eigenvalue weighted by molar-refractivity contribution is 5.80. The van der Waals surface area contributed by atoms with Gasteiger partial charge in [-0.15, -0.1) is 0 Å². The van der Waals surface area contributed by atoms with Gasteiger partial charge in [-0.1, -0.05) is 6.07 Å². The molecular formula is C13H18N2O2. The summed E-state index contributed by atoms with van der Waals surface area (Å²) in [7, 11) is 0. The summed E-state index contributed by atoms with van der Waals surface area (Å²) in [6.07, 6.45) is 5.23. The van der Waals surface area contributed by atoms with Gasteiger partial charge in [0.05, 0.1) is 0 Å². The highest BCUT2D eigenvalue weighted by Crippen LogP contribution is 2.11. The number of pyridine rings is 1. The van der Waals surface area contributed by atoms with Gasteiger partial charge in [0.15, 0.2) is 0 Å². The quantitative estimate of drug-likeness (QED) is 0.781. The average Bonchev–Trinajstić information content (AvgIpc) is 2.89. The van der Waals surface area contributed by atoms with Gasteiger partial charge in [-0.3, -0.25) is 9.78 Å². The zero-order valence-electron chi connectivity index (χ0n) is 9.89. The molecule has 17 heavy (non-hydrogen) atoms. The third-order valence-electron chi connectivity index (χ3n) is 2.86. The van der Waals surface area contributed by atoms with E-state index in [2.05, 4.69) is 10.3 Å². The molecule has 1 aromatic rings. The van der Waals surface area contributed by atoms with Crippen LogP contribution >= 0.6 is 0 Å². The van der Waals surface area contributed by atoms with Gasteiger partial charge in [-0.05, 0) is 37.8 Å². The Bertz CT molecular complexity index is 348. The summed E-state index contributed by atoms with van der Waals surface area (Å²) in [6.45, 7) is 1.40. The predicted octanol–water partition coefficient (Wildman–Crippen LogP) is 1.31. The lowest BCUT2D eigenvalue weighted by molar-refractivity contribution is -0.130. The van der Waals surface area contributed by atoms with Gasteiger partial charge in [0.2, 0.25) is 5.91 Å². The largest absolute Gasteiger partial charge is 0.368 e. The number of ether oxygens (including phenoxy) is 1. The van der Waals surface area contributed by atoms with Crippen LogP contribution in [0.5, 0.6) is 0 Å². The molecule has 1 atom stereocenters. The lowest BCUT2D eigenvalue weighted by atomic mass is 10.2. The first-order valence-corrected chi connectivity index (χ1v) is 6.15. The monoisotopic (exact) mass is 234 g/mol. The fourth-order valence-electron chi connectivity index (χ4n) is 1.93. The molecule has 0 aliphatic carbocycles. The Balaban J connectivity index is 1.61. The second-order valence-electron chi connectivity index (χ2n) is 4.22. The number of carbonyl (C=O) groups excluding carboxylic acids is 1. The van der Waals surface area contributed by atoms with Gasteiger partial charge in [-0.2, -0.15) is 0 Å². The standard InChI is InChI=1S/C13H18N2O2/c16-13(12-7-4-10-17-12)15-9-3-6-11-5-1-2-8-14-11/h1-2,5,8,12H,3-4,6-7,9-10H2,(H,15,16). The molecule has 1 aliphatic heterocycles. The molecule has 1 N–H and O–H groups in total. The first-order chi connectivity index (χ1) is 8.36. The van der Waals surface area contributed by atoms with E-state index in [1.54, 1.807) is 6.20 Å². The van der Waals surface area contributed by atoms with Crippen molar-refractivity contribution in [3.63, 3.8) is 0 Å². The van der Waals surface area contributed by atoms with Crippen LogP contribution in [0.25, 0.3) is 0 Å². The van der Waals surface area contributed by atoms with E-state index in [1.165, 1.54) is 0 Å². The topological polar surface area (TPSA) is 51.2 Å². The number of nitrogens with zero attached hydrogens (tertiary/aromatic N) is 1. The van der Waals surface area contributed by atoms with Crippen LogP contribution in [0.15, 0.2) is 24.4 Å². The van der Waals surface area contributed by atoms with Gasteiger partial charge in [0, 0.05) is 25.0 Å². The highest BCUT2D eigenvalue weighted by Gasteiger charge is 2.22. The van der Waals surface area contributed by atoms with E-state index in [1.807, 2.05) is 18.2 Å². The molecule has 2 rings (SSSR count). The lowest BCUT2D eigenvalue weighted by Gasteiger charge is -2.09. The molecule has 1 aliphatic rings. The molecule has 0 bridgehead atoms. The SMILES string of the molecule is O=C(NCCCc1ccccn1)C1CCCO1. The number of aryl methyl sites for hydroxylation is 1. The minimum atomic E-state index is -0.218. The Morgan fingerprint density at radius 1 is 1.53 bits per heavy atom. The predicted molar refractivity (Wildman–Crippen MR) is 64.5 cm³/mol.